The van der Waals surface area contributed by atoms with Gasteiger partial charge in [0.15, 0.2) is 0 Å². The molecule has 2 N–H and O–H groups in total. The van der Waals surface area contributed by atoms with Crippen LogP contribution < -0.4 is 5.56 Å². The normalized spacial score (nSPS) is 11.0. The number of halogens is 1. The summed E-state index contributed by atoms with van der Waals surface area (Å²) in [7, 11) is 0. The van der Waals surface area contributed by atoms with Crippen LogP contribution in [0.25, 0.3) is 10.9 Å². The minimum atomic E-state index is -0.892. The molecule has 0 saturated heterocycles. The molecule has 4 nitrogen and oxygen atoms in total. The predicted molar refractivity (Wildman–Crippen MR) is 99.6 cm³/mol. The van der Waals surface area contributed by atoms with E-state index in [4.69, 9.17) is 11.6 Å². The molecule has 0 aliphatic rings. The monoisotopic (exact) mass is 355 g/mol. The summed E-state index contributed by atoms with van der Waals surface area (Å²) < 4.78 is 0. The third-order valence-corrected chi connectivity index (χ3v) is 4.60. The van der Waals surface area contributed by atoms with Crippen molar-refractivity contribution in [3.8, 4) is 0 Å². The van der Waals surface area contributed by atoms with E-state index in [2.05, 4.69) is 4.98 Å². The molecule has 0 aliphatic heterocycles. The number of aromatic amines is 1. The molecule has 0 atom stereocenters. The maximum atomic E-state index is 12.6. The van der Waals surface area contributed by atoms with Crippen LogP contribution in [-0.4, -0.2) is 16.1 Å². The Bertz CT molecular complexity index is 1020. The van der Waals surface area contributed by atoms with Crippen LogP contribution in [0, 0.1) is 13.8 Å². The van der Waals surface area contributed by atoms with Gasteiger partial charge >= 0.3 is 5.97 Å². The van der Waals surface area contributed by atoms with Crippen molar-refractivity contribution in [3.63, 3.8) is 0 Å². The molecular formula is C20H18ClNO3. The number of carboxylic acids is 1. The zero-order chi connectivity index (χ0) is 18.1. The molecule has 2 aromatic carbocycles. The van der Waals surface area contributed by atoms with E-state index in [1.165, 1.54) is 0 Å². The lowest BCUT2D eigenvalue weighted by molar-refractivity contribution is -0.136. The molecule has 0 radical (unpaired) electrons. The number of aliphatic carboxylic acids is 1. The third kappa shape index (κ3) is 3.59. The number of fused-ring (bicyclic) bond motifs is 1. The summed E-state index contributed by atoms with van der Waals surface area (Å²) in [6, 6.07) is 11.1. The molecule has 5 heteroatoms. The molecule has 128 valence electrons. The van der Waals surface area contributed by atoms with Crippen molar-refractivity contribution in [2.75, 3.05) is 0 Å². The molecule has 25 heavy (non-hydrogen) atoms. The zero-order valence-corrected chi connectivity index (χ0v) is 14.8. The van der Waals surface area contributed by atoms with E-state index in [-0.39, 0.29) is 12.0 Å². The van der Waals surface area contributed by atoms with E-state index in [1.807, 2.05) is 38.1 Å². The van der Waals surface area contributed by atoms with Crippen LogP contribution in [0.5, 0.6) is 0 Å². The number of hydrogen-bond acceptors (Lipinski definition) is 2. The number of benzene rings is 2. The third-order valence-electron chi connectivity index (χ3n) is 4.35. The first-order valence-corrected chi connectivity index (χ1v) is 8.34. The summed E-state index contributed by atoms with van der Waals surface area (Å²) in [5.74, 6) is -0.892. The Morgan fingerprint density at radius 2 is 1.84 bits per heavy atom. The number of aryl methyl sites for hydroxylation is 2. The van der Waals surface area contributed by atoms with Crippen molar-refractivity contribution >= 4 is 28.5 Å². The van der Waals surface area contributed by atoms with Gasteiger partial charge in [-0.2, -0.15) is 0 Å². The Balaban J connectivity index is 2.19. The number of hydrogen-bond donors (Lipinski definition) is 2. The predicted octanol–water partition coefficient (Wildman–Crippen LogP) is 4.02. The summed E-state index contributed by atoms with van der Waals surface area (Å²) in [6.07, 6.45) is 0.389. The van der Waals surface area contributed by atoms with Gasteiger partial charge in [0.25, 0.3) is 5.56 Å². The highest BCUT2D eigenvalue weighted by molar-refractivity contribution is 6.30. The molecule has 0 amide bonds. The van der Waals surface area contributed by atoms with Gasteiger partial charge in [-0.15, -0.1) is 0 Å². The van der Waals surface area contributed by atoms with Gasteiger partial charge in [0, 0.05) is 27.9 Å². The highest BCUT2D eigenvalue weighted by atomic mass is 35.5. The topological polar surface area (TPSA) is 70.2 Å². The van der Waals surface area contributed by atoms with Crippen molar-refractivity contribution in [1.82, 2.24) is 4.98 Å². The van der Waals surface area contributed by atoms with Crippen LogP contribution in [-0.2, 0) is 17.6 Å². The summed E-state index contributed by atoms with van der Waals surface area (Å²) in [4.78, 5) is 26.7. The number of pyridine rings is 1. The second kappa shape index (κ2) is 6.73. The summed E-state index contributed by atoms with van der Waals surface area (Å²) in [5.41, 5.74) is 4.61. The second-order valence-corrected chi connectivity index (χ2v) is 6.71. The van der Waals surface area contributed by atoms with Crippen molar-refractivity contribution < 1.29 is 9.90 Å². The molecule has 3 rings (SSSR count). The SMILES string of the molecule is Cc1cc(CC(=O)O)c2c(C)c(Cc3ccc(Cl)cc3)c(=O)[nH]c2c1. The molecule has 0 bridgehead atoms. The number of H-pyrrole nitrogens is 1. The zero-order valence-electron chi connectivity index (χ0n) is 14.0. The maximum Gasteiger partial charge on any atom is 0.307 e. The molecule has 0 saturated carbocycles. The van der Waals surface area contributed by atoms with E-state index in [9.17, 15) is 14.7 Å². The van der Waals surface area contributed by atoms with Crippen molar-refractivity contribution in [3.05, 3.63) is 79.6 Å². The molecular weight excluding hydrogens is 338 g/mol. The van der Waals surface area contributed by atoms with Crippen LogP contribution in [0.3, 0.4) is 0 Å². The van der Waals surface area contributed by atoms with Crippen LogP contribution >= 0.6 is 11.6 Å². The van der Waals surface area contributed by atoms with E-state index < -0.39 is 5.97 Å². The van der Waals surface area contributed by atoms with E-state index in [1.54, 1.807) is 12.1 Å². The molecule has 1 heterocycles. The maximum absolute atomic E-state index is 12.6. The van der Waals surface area contributed by atoms with Gasteiger partial charge in [0.2, 0.25) is 0 Å². The lowest BCUT2D eigenvalue weighted by Gasteiger charge is -2.13. The minimum Gasteiger partial charge on any atom is -0.481 e. The lowest BCUT2D eigenvalue weighted by atomic mass is 9.94. The van der Waals surface area contributed by atoms with Gasteiger partial charge < -0.3 is 10.1 Å². The van der Waals surface area contributed by atoms with E-state index in [0.717, 1.165) is 22.1 Å². The quantitative estimate of drug-likeness (QED) is 0.742. The van der Waals surface area contributed by atoms with Gasteiger partial charge in [0.1, 0.15) is 0 Å². The Kier molecular flexibility index (Phi) is 4.64. The molecule has 1 aromatic heterocycles. The van der Waals surface area contributed by atoms with Crippen molar-refractivity contribution in [2.45, 2.75) is 26.7 Å². The molecule has 0 fully saturated rings. The van der Waals surface area contributed by atoms with Crippen molar-refractivity contribution in [2.24, 2.45) is 0 Å². The number of rotatable bonds is 4. The number of nitrogens with one attached hydrogen (secondary N) is 1. The lowest BCUT2D eigenvalue weighted by Crippen LogP contribution is -2.16. The fraction of sp³-hybridized carbons (Fsp3) is 0.200. The van der Waals surface area contributed by atoms with Gasteiger partial charge in [-0.1, -0.05) is 29.8 Å². The largest absolute Gasteiger partial charge is 0.481 e. The summed E-state index contributed by atoms with van der Waals surface area (Å²) in [6.45, 7) is 3.77. The number of carbonyl (C=O) groups is 1. The molecule has 0 spiro atoms. The molecule has 0 aliphatic carbocycles. The van der Waals surface area contributed by atoms with Crippen LogP contribution in [0.15, 0.2) is 41.2 Å². The first kappa shape index (κ1) is 17.2. The Hall–Kier alpha value is -2.59. The summed E-state index contributed by atoms with van der Waals surface area (Å²) >= 11 is 5.92. The van der Waals surface area contributed by atoms with Crippen molar-refractivity contribution in [1.29, 1.82) is 0 Å². The van der Waals surface area contributed by atoms with Gasteiger partial charge in [-0.3, -0.25) is 9.59 Å². The smallest absolute Gasteiger partial charge is 0.307 e. The Morgan fingerprint density at radius 3 is 2.48 bits per heavy atom. The number of aromatic nitrogens is 1. The highest BCUT2D eigenvalue weighted by Crippen LogP contribution is 2.25. The first-order valence-electron chi connectivity index (χ1n) is 7.96. The van der Waals surface area contributed by atoms with E-state index in [0.29, 0.717) is 28.1 Å². The first-order chi connectivity index (χ1) is 11.8. The molecule has 3 aromatic rings. The molecule has 0 unspecified atom stereocenters. The van der Waals surface area contributed by atoms with Gasteiger partial charge in [-0.05, 0) is 54.3 Å². The Labute approximate surface area is 150 Å². The average Bonchev–Trinajstić information content (AvgIpc) is 2.51. The van der Waals surface area contributed by atoms with E-state index >= 15 is 0 Å². The van der Waals surface area contributed by atoms with Crippen LogP contribution in [0.1, 0.15) is 27.8 Å². The van der Waals surface area contributed by atoms with Crippen LogP contribution in [0.4, 0.5) is 0 Å². The van der Waals surface area contributed by atoms with Gasteiger partial charge in [0.05, 0.1) is 6.42 Å². The summed E-state index contributed by atoms with van der Waals surface area (Å²) in [5, 5.41) is 10.7. The number of carboxylic acid groups (broad SMARTS) is 1. The fourth-order valence-corrected chi connectivity index (χ4v) is 3.37. The standard InChI is InChI=1S/C20H18ClNO3/c1-11-7-14(10-18(23)24)19-12(2)16(20(25)22-17(19)8-11)9-13-3-5-15(21)6-4-13/h3-8H,9-10H2,1-2H3,(H,22,25)(H,23,24). The Morgan fingerprint density at radius 1 is 1.16 bits per heavy atom. The second-order valence-electron chi connectivity index (χ2n) is 6.28. The van der Waals surface area contributed by atoms with Crippen LogP contribution in [0.2, 0.25) is 5.02 Å². The van der Waals surface area contributed by atoms with Gasteiger partial charge in [-0.25, -0.2) is 0 Å². The minimum absolute atomic E-state index is 0.0779. The highest BCUT2D eigenvalue weighted by Gasteiger charge is 2.15. The fourth-order valence-electron chi connectivity index (χ4n) is 3.24. The average molecular weight is 356 g/mol.